The number of hydrogen-bond acceptors (Lipinski definition) is 2. The van der Waals surface area contributed by atoms with Crippen molar-refractivity contribution in [2.45, 2.75) is 72.0 Å². The molecule has 2 saturated carbocycles. The Balaban J connectivity index is 1.92. The molecule has 2 aliphatic rings. The van der Waals surface area contributed by atoms with Gasteiger partial charge in [-0.2, -0.15) is 0 Å². The molecule has 2 bridgehead atoms. The van der Waals surface area contributed by atoms with Crippen molar-refractivity contribution in [1.82, 2.24) is 0 Å². The van der Waals surface area contributed by atoms with Crippen LogP contribution in [0.25, 0.3) is 0 Å². The summed E-state index contributed by atoms with van der Waals surface area (Å²) >= 11 is 0. The van der Waals surface area contributed by atoms with Gasteiger partial charge in [0.05, 0.1) is 18.8 Å². The molecule has 2 aliphatic carbocycles. The van der Waals surface area contributed by atoms with Crippen molar-refractivity contribution in [1.29, 1.82) is 0 Å². The number of fused-ring (bicyclic) bond motifs is 2. The molecule has 1 N–H and O–H groups in total. The van der Waals surface area contributed by atoms with Gasteiger partial charge in [0.2, 0.25) is 0 Å². The minimum Gasteiger partial charge on any atom is -0.391 e. The van der Waals surface area contributed by atoms with Crippen LogP contribution in [-0.2, 0) is 4.74 Å². The predicted molar refractivity (Wildman–Crippen MR) is 69.9 cm³/mol. The van der Waals surface area contributed by atoms with Gasteiger partial charge in [0, 0.05) is 0 Å². The number of aliphatic hydroxyl groups excluding tert-OH is 1. The van der Waals surface area contributed by atoms with Gasteiger partial charge in [0.25, 0.3) is 0 Å². The minimum atomic E-state index is -0.272. The number of hydrogen-bond donors (Lipinski definition) is 1. The minimum absolute atomic E-state index is 0.272. The maximum absolute atomic E-state index is 9.77. The highest BCUT2D eigenvalue weighted by Crippen LogP contribution is 2.66. The van der Waals surface area contributed by atoms with Gasteiger partial charge in [0.1, 0.15) is 0 Å². The van der Waals surface area contributed by atoms with Gasteiger partial charge in [-0.3, -0.25) is 0 Å². The summed E-state index contributed by atoms with van der Waals surface area (Å²) in [5, 5.41) is 9.77. The van der Waals surface area contributed by atoms with Crippen molar-refractivity contribution >= 4 is 0 Å². The largest absolute Gasteiger partial charge is 0.391 e. The Morgan fingerprint density at radius 2 is 2.06 bits per heavy atom. The Hall–Kier alpha value is -0.0800. The molecule has 2 fully saturated rings. The molecule has 0 spiro atoms. The van der Waals surface area contributed by atoms with E-state index in [1.165, 1.54) is 19.3 Å². The predicted octanol–water partition coefficient (Wildman–Crippen LogP) is 3.38. The van der Waals surface area contributed by atoms with Crippen LogP contribution in [0.15, 0.2) is 0 Å². The number of ether oxygens (including phenoxy) is 1. The van der Waals surface area contributed by atoms with Crippen molar-refractivity contribution in [2.24, 2.45) is 16.7 Å². The summed E-state index contributed by atoms with van der Waals surface area (Å²) < 4.78 is 6.04. The lowest BCUT2D eigenvalue weighted by Crippen LogP contribution is -2.38. The quantitative estimate of drug-likeness (QED) is 0.798. The zero-order valence-electron chi connectivity index (χ0n) is 11.8. The van der Waals surface area contributed by atoms with Crippen LogP contribution in [0, 0.1) is 16.7 Å². The van der Waals surface area contributed by atoms with Crippen LogP contribution in [0.1, 0.15) is 59.8 Å². The molecule has 0 aromatic carbocycles. The second-order valence-corrected chi connectivity index (χ2v) is 6.87. The third-order valence-electron chi connectivity index (χ3n) is 5.83. The molecule has 4 unspecified atom stereocenters. The average molecular weight is 240 g/mol. The van der Waals surface area contributed by atoms with Crippen LogP contribution in [0.4, 0.5) is 0 Å². The van der Waals surface area contributed by atoms with Crippen LogP contribution in [0.3, 0.4) is 0 Å². The summed E-state index contributed by atoms with van der Waals surface area (Å²) in [6, 6.07) is 0. The summed E-state index contributed by atoms with van der Waals surface area (Å²) in [5.74, 6) is 0.820. The third kappa shape index (κ3) is 2.04. The molecule has 0 heterocycles. The van der Waals surface area contributed by atoms with E-state index >= 15 is 0 Å². The van der Waals surface area contributed by atoms with E-state index in [0.717, 1.165) is 18.8 Å². The molecule has 0 saturated heterocycles. The van der Waals surface area contributed by atoms with Gasteiger partial charge in [0.15, 0.2) is 0 Å². The SMILES string of the molecule is CCCC(O)COC1CC2CCC1(C)C2(C)C. The van der Waals surface area contributed by atoms with Crippen LogP contribution in [-0.4, -0.2) is 23.9 Å². The fourth-order valence-electron chi connectivity index (χ4n) is 4.03. The molecule has 2 nitrogen and oxygen atoms in total. The Labute approximate surface area is 106 Å². The van der Waals surface area contributed by atoms with Crippen LogP contribution in [0.5, 0.6) is 0 Å². The maximum Gasteiger partial charge on any atom is 0.0773 e. The second kappa shape index (κ2) is 4.55. The normalized spacial score (nSPS) is 40.8. The molecule has 0 amide bonds. The molecule has 4 atom stereocenters. The molecule has 0 radical (unpaired) electrons. The van der Waals surface area contributed by atoms with Gasteiger partial charge in [-0.05, 0) is 42.4 Å². The van der Waals surface area contributed by atoms with Gasteiger partial charge < -0.3 is 9.84 Å². The first-order valence-electron chi connectivity index (χ1n) is 7.21. The molecule has 17 heavy (non-hydrogen) atoms. The molecule has 0 aromatic rings. The van der Waals surface area contributed by atoms with E-state index in [1.807, 2.05) is 0 Å². The molecule has 100 valence electrons. The second-order valence-electron chi connectivity index (χ2n) is 6.87. The Morgan fingerprint density at radius 3 is 2.53 bits per heavy atom. The number of rotatable bonds is 5. The Kier molecular flexibility index (Phi) is 3.57. The first-order chi connectivity index (χ1) is 7.91. The first kappa shape index (κ1) is 13.4. The van der Waals surface area contributed by atoms with Crippen molar-refractivity contribution < 1.29 is 9.84 Å². The van der Waals surface area contributed by atoms with E-state index in [-0.39, 0.29) is 6.10 Å². The monoisotopic (exact) mass is 240 g/mol. The first-order valence-corrected chi connectivity index (χ1v) is 7.21. The van der Waals surface area contributed by atoms with E-state index in [0.29, 0.717) is 23.5 Å². The highest BCUT2D eigenvalue weighted by atomic mass is 16.5. The zero-order chi connectivity index (χ0) is 12.7. The fourth-order valence-corrected chi connectivity index (χ4v) is 4.03. The lowest BCUT2D eigenvalue weighted by Gasteiger charge is -2.39. The fraction of sp³-hybridized carbons (Fsp3) is 1.00. The third-order valence-corrected chi connectivity index (χ3v) is 5.83. The van der Waals surface area contributed by atoms with Gasteiger partial charge in [-0.1, -0.05) is 34.1 Å². The van der Waals surface area contributed by atoms with Crippen molar-refractivity contribution in [3.63, 3.8) is 0 Å². The van der Waals surface area contributed by atoms with E-state index in [1.54, 1.807) is 0 Å². The molecule has 2 heteroatoms. The summed E-state index contributed by atoms with van der Waals surface area (Å²) in [4.78, 5) is 0. The van der Waals surface area contributed by atoms with E-state index in [2.05, 4.69) is 27.7 Å². The Morgan fingerprint density at radius 1 is 1.35 bits per heavy atom. The summed E-state index contributed by atoms with van der Waals surface area (Å²) in [6.45, 7) is 9.81. The smallest absolute Gasteiger partial charge is 0.0773 e. The van der Waals surface area contributed by atoms with Crippen LogP contribution < -0.4 is 0 Å². The van der Waals surface area contributed by atoms with Crippen molar-refractivity contribution in [3.8, 4) is 0 Å². The van der Waals surface area contributed by atoms with E-state index < -0.39 is 0 Å². The number of aliphatic hydroxyl groups is 1. The lowest BCUT2D eigenvalue weighted by molar-refractivity contribution is -0.0759. The Bertz CT molecular complexity index is 274. The molecular weight excluding hydrogens is 212 g/mol. The summed E-state index contributed by atoms with van der Waals surface area (Å²) in [5.41, 5.74) is 0.733. The van der Waals surface area contributed by atoms with E-state index in [9.17, 15) is 5.11 Å². The highest BCUT2D eigenvalue weighted by molar-refractivity contribution is 5.11. The molecule has 0 aliphatic heterocycles. The van der Waals surface area contributed by atoms with Crippen molar-refractivity contribution in [2.75, 3.05) is 6.61 Å². The standard InChI is InChI=1S/C15H28O2/c1-5-6-12(16)10-17-13-9-11-7-8-15(13,4)14(11,2)3/h11-13,16H,5-10H2,1-4H3. The molecule has 0 aromatic heterocycles. The van der Waals surface area contributed by atoms with Crippen LogP contribution in [0.2, 0.25) is 0 Å². The van der Waals surface area contributed by atoms with Gasteiger partial charge in [-0.25, -0.2) is 0 Å². The molecule has 2 rings (SSSR count). The van der Waals surface area contributed by atoms with Crippen LogP contribution >= 0.6 is 0 Å². The van der Waals surface area contributed by atoms with Gasteiger partial charge in [-0.15, -0.1) is 0 Å². The lowest BCUT2D eigenvalue weighted by atomic mass is 9.70. The summed E-state index contributed by atoms with van der Waals surface area (Å²) in [6.07, 6.45) is 5.83. The maximum atomic E-state index is 9.77. The highest BCUT2D eigenvalue weighted by Gasteiger charge is 2.61. The van der Waals surface area contributed by atoms with Gasteiger partial charge >= 0.3 is 0 Å². The summed E-state index contributed by atoms with van der Waals surface area (Å²) in [7, 11) is 0. The van der Waals surface area contributed by atoms with Crippen molar-refractivity contribution in [3.05, 3.63) is 0 Å². The topological polar surface area (TPSA) is 29.5 Å². The van der Waals surface area contributed by atoms with E-state index in [4.69, 9.17) is 4.74 Å². The average Bonchev–Trinajstić information content (AvgIpc) is 2.59. The molecular formula is C15H28O2. The zero-order valence-corrected chi connectivity index (χ0v) is 11.8.